The fraction of sp³-hybridized carbons (Fsp3) is 0.444. The highest BCUT2D eigenvalue weighted by Gasteiger charge is 2.02. The summed E-state index contributed by atoms with van der Waals surface area (Å²) in [5.41, 5.74) is 6.05. The van der Waals surface area contributed by atoms with Crippen LogP contribution in [0, 0.1) is 0 Å². The molecule has 0 aliphatic rings. The number of aromatic nitrogens is 2. The summed E-state index contributed by atoms with van der Waals surface area (Å²) in [5.74, 6) is 0.298. The lowest BCUT2D eigenvalue weighted by Crippen LogP contribution is -2.13. The van der Waals surface area contributed by atoms with Crippen molar-refractivity contribution >= 4 is 17.5 Å². The van der Waals surface area contributed by atoms with E-state index in [0.717, 1.165) is 0 Å². The van der Waals surface area contributed by atoms with Gasteiger partial charge in [-0.1, -0.05) is 0 Å². The number of nitrogens with one attached hydrogen (secondary N) is 1. The third-order valence-electron chi connectivity index (χ3n) is 1.67. The van der Waals surface area contributed by atoms with E-state index in [-0.39, 0.29) is 12.4 Å². The van der Waals surface area contributed by atoms with Crippen LogP contribution in [0.5, 0.6) is 0 Å². The molecule has 6 heteroatoms. The molecule has 0 aliphatic heterocycles. The van der Waals surface area contributed by atoms with E-state index in [2.05, 4.69) is 15.3 Å². The Bertz CT molecular complexity index is 330. The summed E-state index contributed by atoms with van der Waals surface area (Å²) in [6.07, 6.45) is 3.18. The van der Waals surface area contributed by atoms with Crippen molar-refractivity contribution in [3.63, 3.8) is 0 Å². The molecule has 15 heavy (non-hydrogen) atoms. The number of ether oxygens (including phenoxy) is 1. The summed E-state index contributed by atoms with van der Waals surface area (Å²) in [6, 6.07) is 0. The Morgan fingerprint density at radius 3 is 3.13 bits per heavy atom. The molecule has 82 valence electrons. The molecule has 0 amide bonds. The molecular formula is C9H14N4O2. The SMILES string of the molecule is CCOC(=O)CCNc1ncncc1N. The number of esters is 1. The van der Waals surface area contributed by atoms with Crippen LogP contribution in [0.3, 0.4) is 0 Å². The molecule has 1 aromatic rings. The number of carbonyl (C=O) groups excluding carboxylic acids is 1. The van der Waals surface area contributed by atoms with Crippen molar-refractivity contribution in [2.24, 2.45) is 0 Å². The molecule has 1 aromatic heterocycles. The van der Waals surface area contributed by atoms with Crippen LogP contribution in [-0.4, -0.2) is 29.1 Å². The van der Waals surface area contributed by atoms with Crippen LogP contribution in [0.4, 0.5) is 11.5 Å². The van der Waals surface area contributed by atoms with Gasteiger partial charge in [-0.05, 0) is 6.92 Å². The zero-order valence-electron chi connectivity index (χ0n) is 8.56. The van der Waals surface area contributed by atoms with Crippen molar-refractivity contribution < 1.29 is 9.53 Å². The molecule has 0 saturated carbocycles. The van der Waals surface area contributed by atoms with Gasteiger partial charge in [0.2, 0.25) is 0 Å². The Labute approximate surface area is 87.9 Å². The van der Waals surface area contributed by atoms with Gasteiger partial charge in [0, 0.05) is 6.54 Å². The smallest absolute Gasteiger partial charge is 0.307 e. The maximum Gasteiger partial charge on any atom is 0.307 e. The first-order chi connectivity index (χ1) is 7.24. The molecule has 0 fully saturated rings. The van der Waals surface area contributed by atoms with Crippen molar-refractivity contribution in [2.45, 2.75) is 13.3 Å². The fourth-order valence-corrected chi connectivity index (χ4v) is 1.00. The number of nitrogens with two attached hydrogens (primary N) is 1. The number of carbonyl (C=O) groups is 1. The van der Waals surface area contributed by atoms with Gasteiger partial charge >= 0.3 is 5.97 Å². The van der Waals surface area contributed by atoms with Crippen LogP contribution < -0.4 is 11.1 Å². The lowest BCUT2D eigenvalue weighted by Gasteiger charge is -2.06. The average Bonchev–Trinajstić information content (AvgIpc) is 2.21. The Kier molecular flexibility index (Phi) is 4.33. The average molecular weight is 210 g/mol. The molecular weight excluding hydrogens is 196 g/mol. The molecule has 0 spiro atoms. The Balaban J connectivity index is 2.32. The quantitative estimate of drug-likeness (QED) is 0.685. The van der Waals surface area contributed by atoms with Crippen LogP contribution in [0.2, 0.25) is 0 Å². The maximum atomic E-state index is 11.0. The lowest BCUT2D eigenvalue weighted by molar-refractivity contribution is -0.142. The second-order valence-corrected chi connectivity index (χ2v) is 2.81. The number of nitrogen functional groups attached to an aromatic ring is 1. The van der Waals surface area contributed by atoms with Gasteiger partial charge in [-0.3, -0.25) is 4.79 Å². The highest BCUT2D eigenvalue weighted by molar-refractivity contribution is 5.70. The van der Waals surface area contributed by atoms with E-state index in [1.54, 1.807) is 6.92 Å². The molecule has 6 nitrogen and oxygen atoms in total. The first kappa shape index (κ1) is 11.2. The minimum atomic E-state index is -0.238. The molecule has 0 saturated heterocycles. The second-order valence-electron chi connectivity index (χ2n) is 2.81. The third kappa shape index (κ3) is 3.80. The third-order valence-corrected chi connectivity index (χ3v) is 1.67. The molecule has 0 aliphatic carbocycles. The molecule has 1 heterocycles. The van der Waals surface area contributed by atoms with E-state index < -0.39 is 0 Å². The predicted octanol–water partition coefficient (Wildman–Crippen LogP) is 0.424. The van der Waals surface area contributed by atoms with Crippen molar-refractivity contribution in [1.82, 2.24) is 9.97 Å². The lowest BCUT2D eigenvalue weighted by atomic mass is 10.4. The van der Waals surface area contributed by atoms with Gasteiger partial charge in [0.25, 0.3) is 0 Å². The number of hydrogen-bond acceptors (Lipinski definition) is 6. The summed E-state index contributed by atoms with van der Waals surface area (Å²) < 4.78 is 4.77. The van der Waals surface area contributed by atoms with E-state index in [1.807, 2.05) is 0 Å². The van der Waals surface area contributed by atoms with Crippen LogP contribution >= 0.6 is 0 Å². The zero-order chi connectivity index (χ0) is 11.1. The van der Waals surface area contributed by atoms with Crippen LogP contribution in [0.1, 0.15) is 13.3 Å². The molecule has 1 rings (SSSR count). The first-order valence-corrected chi connectivity index (χ1v) is 4.69. The molecule has 3 N–H and O–H groups in total. The minimum absolute atomic E-state index is 0.238. The van der Waals surface area contributed by atoms with Crippen molar-refractivity contribution in [1.29, 1.82) is 0 Å². The van der Waals surface area contributed by atoms with Crippen LogP contribution in [-0.2, 0) is 9.53 Å². The Hall–Kier alpha value is -1.85. The van der Waals surface area contributed by atoms with Crippen molar-refractivity contribution in [2.75, 3.05) is 24.2 Å². The van der Waals surface area contributed by atoms with Gasteiger partial charge in [-0.15, -0.1) is 0 Å². The number of rotatable bonds is 5. The maximum absolute atomic E-state index is 11.0. The van der Waals surface area contributed by atoms with Gasteiger partial charge < -0.3 is 15.8 Å². The van der Waals surface area contributed by atoms with E-state index in [0.29, 0.717) is 24.7 Å². The van der Waals surface area contributed by atoms with Gasteiger partial charge in [-0.25, -0.2) is 9.97 Å². The summed E-state index contributed by atoms with van der Waals surface area (Å²) in [7, 11) is 0. The minimum Gasteiger partial charge on any atom is -0.466 e. The zero-order valence-corrected chi connectivity index (χ0v) is 8.56. The molecule has 0 aromatic carbocycles. The highest BCUT2D eigenvalue weighted by Crippen LogP contribution is 2.10. The van der Waals surface area contributed by atoms with Crippen LogP contribution in [0.15, 0.2) is 12.5 Å². The van der Waals surface area contributed by atoms with E-state index in [9.17, 15) is 4.79 Å². The Morgan fingerprint density at radius 2 is 2.47 bits per heavy atom. The highest BCUT2D eigenvalue weighted by atomic mass is 16.5. The van der Waals surface area contributed by atoms with Gasteiger partial charge in [0.15, 0.2) is 5.82 Å². The summed E-state index contributed by atoms with van der Waals surface area (Å²) in [5, 5.41) is 2.93. The van der Waals surface area contributed by atoms with E-state index in [4.69, 9.17) is 10.5 Å². The standard InChI is InChI=1S/C9H14N4O2/c1-2-15-8(14)3-4-12-9-7(10)5-11-6-13-9/h5-6H,2-4,10H2,1H3,(H,11,12,13). The van der Waals surface area contributed by atoms with Crippen molar-refractivity contribution in [3.8, 4) is 0 Å². The Morgan fingerprint density at radius 1 is 1.67 bits per heavy atom. The molecule has 0 bridgehead atoms. The number of hydrogen-bond donors (Lipinski definition) is 2. The molecule has 0 unspecified atom stereocenters. The normalized spacial score (nSPS) is 9.67. The predicted molar refractivity (Wildman–Crippen MR) is 56.2 cm³/mol. The summed E-state index contributed by atoms with van der Waals surface area (Å²) in [6.45, 7) is 2.61. The van der Waals surface area contributed by atoms with E-state index in [1.165, 1.54) is 12.5 Å². The summed E-state index contributed by atoms with van der Waals surface area (Å²) in [4.78, 5) is 18.7. The topological polar surface area (TPSA) is 90.1 Å². The molecule has 0 atom stereocenters. The largest absolute Gasteiger partial charge is 0.466 e. The van der Waals surface area contributed by atoms with Gasteiger partial charge in [-0.2, -0.15) is 0 Å². The summed E-state index contributed by atoms with van der Waals surface area (Å²) >= 11 is 0. The van der Waals surface area contributed by atoms with Crippen molar-refractivity contribution in [3.05, 3.63) is 12.5 Å². The van der Waals surface area contributed by atoms with E-state index >= 15 is 0 Å². The number of nitrogens with zero attached hydrogens (tertiary/aromatic N) is 2. The fourth-order valence-electron chi connectivity index (χ4n) is 1.00. The first-order valence-electron chi connectivity index (χ1n) is 4.69. The monoisotopic (exact) mass is 210 g/mol. The van der Waals surface area contributed by atoms with Gasteiger partial charge in [0.05, 0.1) is 24.9 Å². The van der Waals surface area contributed by atoms with Crippen LogP contribution in [0.25, 0.3) is 0 Å². The second kappa shape index (κ2) is 5.79. The number of anilines is 2. The van der Waals surface area contributed by atoms with Gasteiger partial charge in [0.1, 0.15) is 6.33 Å². The molecule has 0 radical (unpaired) electrons.